The molecule has 0 saturated carbocycles. The third kappa shape index (κ3) is 4.12. The molecule has 0 aliphatic carbocycles. The SMILES string of the molecule is O=C(CCC(=O)c1cccs1)Nc1nc(-c2ccccc2)cs1. The molecule has 3 aromatic rings. The molecule has 116 valence electrons. The fourth-order valence-electron chi connectivity index (χ4n) is 2.04. The van der Waals surface area contributed by atoms with Gasteiger partial charge >= 0.3 is 0 Å². The number of Topliss-reactive ketones (excluding diaryl/α,β-unsaturated/α-hetero) is 1. The molecule has 0 aliphatic heterocycles. The first-order chi connectivity index (χ1) is 11.2. The lowest BCUT2D eigenvalue weighted by molar-refractivity contribution is -0.116. The van der Waals surface area contributed by atoms with E-state index in [-0.39, 0.29) is 24.5 Å². The van der Waals surface area contributed by atoms with Crippen molar-refractivity contribution in [2.45, 2.75) is 12.8 Å². The van der Waals surface area contributed by atoms with Crippen LogP contribution in [0, 0.1) is 0 Å². The fraction of sp³-hybridized carbons (Fsp3) is 0.118. The van der Waals surface area contributed by atoms with Crippen LogP contribution in [0.15, 0.2) is 53.2 Å². The standard InChI is InChI=1S/C17H14N2O2S2/c20-14(15-7-4-10-22-15)8-9-16(21)19-17-18-13(11-23-17)12-5-2-1-3-6-12/h1-7,10-11H,8-9H2,(H,18,19,21). The molecule has 0 spiro atoms. The van der Waals surface area contributed by atoms with Crippen LogP contribution in [0.1, 0.15) is 22.5 Å². The number of nitrogens with zero attached hydrogens (tertiary/aromatic N) is 1. The zero-order valence-corrected chi connectivity index (χ0v) is 13.8. The topological polar surface area (TPSA) is 59.1 Å². The van der Waals surface area contributed by atoms with Crippen LogP contribution in [0.4, 0.5) is 5.13 Å². The second-order valence-electron chi connectivity index (χ2n) is 4.85. The highest BCUT2D eigenvalue weighted by Gasteiger charge is 2.12. The van der Waals surface area contributed by atoms with Gasteiger partial charge in [0.25, 0.3) is 0 Å². The van der Waals surface area contributed by atoms with Gasteiger partial charge in [0.1, 0.15) is 0 Å². The lowest BCUT2D eigenvalue weighted by Crippen LogP contribution is -2.13. The van der Waals surface area contributed by atoms with Crippen molar-refractivity contribution in [1.82, 2.24) is 4.98 Å². The Hall–Kier alpha value is -2.31. The van der Waals surface area contributed by atoms with Crippen molar-refractivity contribution in [3.8, 4) is 11.3 Å². The molecule has 0 saturated heterocycles. The minimum Gasteiger partial charge on any atom is -0.302 e. The van der Waals surface area contributed by atoms with Crippen LogP contribution in [0.25, 0.3) is 11.3 Å². The Morgan fingerprint density at radius 3 is 2.57 bits per heavy atom. The first kappa shape index (κ1) is 15.6. The van der Waals surface area contributed by atoms with Gasteiger partial charge in [-0.3, -0.25) is 9.59 Å². The van der Waals surface area contributed by atoms with Crippen LogP contribution in [0.3, 0.4) is 0 Å². The van der Waals surface area contributed by atoms with Crippen LogP contribution in [-0.2, 0) is 4.79 Å². The molecule has 1 aromatic carbocycles. The molecule has 1 N–H and O–H groups in total. The molecule has 6 heteroatoms. The predicted octanol–water partition coefficient (Wildman–Crippen LogP) is 4.47. The van der Waals surface area contributed by atoms with Crippen LogP contribution < -0.4 is 5.32 Å². The van der Waals surface area contributed by atoms with E-state index >= 15 is 0 Å². The third-order valence-corrected chi connectivity index (χ3v) is 4.86. The third-order valence-electron chi connectivity index (χ3n) is 3.20. The summed E-state index contributed by atoms with van der Waals surface area (Å²) in [5.74, 6) is -0.192. The van der Waals surface area contributed by atoms with Crippen molar-refractivity contribution in [1.29, 1.82) is 0 Å². The molecule has 0 radical (unpaired) electrons. The number of thiazole rings is 1. The number of anilines is 1. The van der Waals surface area contributed by atoms with Gasteiger partial charge in [0.05, 0.1) is 10.6 Å². The Labute approximate surface area is 141 Å². The highest BCUT2D eigenvalue weighted by Crippen LogP contribution is 2.24. The van der Waals surface area contributed by atoms with E-state index in [4.69, 9.17) is 0 Å². The first-order valence-corrected chi connectivity index (χ1v) is 8.86. The summed E-state index contributed by atoms with van der Waals surface area (Å²) in [7, 11) is 0. The predicted molar refractivity (Wildman–Crippen MR) is 94.1 cm³/mol. The molecule has 0 atom stereocenters. The monoisotopic (exact) mass is 342 g/mol. The van der Waals surface area contributed by atoms with Gasteiger partial charge in [0, 0.05) is 23.8 Å². The first-order valence-electron chi connectivity index (χ1n) is 7.10. The molecule has 4 nitrogen and oxygen atoms in total. The molecule has 2 aromatic heterocycles. The average Bonchev–Trinajstić information content (AvgIpc) is 3.25. The van der Waals surface area contributed by atoms with Crippen molar-refractivity contribution in [3.05, 3.63) is 58.1 Å². The number of amides is 1. The van der Waals surface area contributed by atoms with Crippen molar-refractivity contribution < 1.29 is 9.59 Å². The van der Waals surface area contributed by atoms with E-state index < -0.39 is 0 Å². The van der Waals surface area contributed by atoms with E-state index in [0.717, 1.165) is 11.3 Å². The number of thiophene rings is 1. The Bertz CT molecular complexity index is 795. The van der Waals surface area contributed by atoms with Crippen LogP contribution in [-0.4, -0.2) is 16.7 Å². The lowest BCUT2D eigenvalue weighted by Gasteiger charge is -2.01. The number of rotatable bonds is 6. The number of hydrogen-bond acceptors (Lipinski definition) is 5. The molecule has 23 heavy (non-hydrogen) atoms. The average molecular weight is 342 g/mol. The van der Waals surface area contributed by atoms with E-state index in [0.29, 0.717) is 10.0 Å². The molecule has 2 heterocycles. The van der Waals surface area contributed by atoms with Crippen LogP contribution in [0.2, 0.25) is 0 Å². The number of carbonyl (C=O) groups is 2. The second-order valence-corrected chi connectivity index (χ2v) is 6.66. The van der Waals surface area contributed by atoms with E-state index in [1.54, 1.807) is 6.07 Å². The summed E-state index contributed by atoms with van der Waals surface area (Å²) in [6, 6.07) is 13.4. The maximum atomic E-state index is 11.9. The minimum absolute atomic E-state index is 0.000682. The zero-order valence-electron chi connectivity index (χ0n) is 12.2. The van der Waals surface area contributed by atoms with Gasteiger partial charge in [-0.2, -0.15) is 0 Å². The Kier molecular flexibility index (Phi) is 4.95. The molecular formula is C17H14N2O2S2. The van der Waals surface area contributed by atoms with Gasteiger partial charge < -0.3 is 5.32 Å². The highest BCUT2D eigenvalue weighted by molar-refractivity contribution is 7.14. The minimum atomic E-state index is -0.191. The van der Waals surface area contributed by atoms with Crippen LogP contribution >= 0.6 is 22.7 Å². The fourth-order valence-corrected chi connectivity index (χ4v) is 3.47. The number of carbonyl (C=O) groups excluding carboxylic acids is 2. The highest BCUT2D eigenvalue weighted by atomic mass is 32.1. The van der Waals surface area contributed by atoms with E-state index in [9.17, 15) is 9.59 Å². The molecule has 0 aliphatic rings. The van der Waals surface area contributed by atoms with Crippen molar-refractivity contribution in [2.24, 2.45) is 0 Å². The van der Waals surface area contributed by atoms with Gasteiger partial charge in [-0.15, -0.1) is 22.7 Å². The summed E-state index contributed by atoms with van der Waals surface area (Å²) >= 11 is 2.77. The molecule has 1 amide bonds. The summed E-state index contributed by atoms with van der Waals surface area (Å²) in [6.45, 7) is 0. The van der Waals surface area contributed by atoms with E-state index in [1.807, 2.05) is 47.2 Å². The van der Waals surface area contributed by atoms with Crippen molar-refractivity contribution >= 4 is 39.5 Å². The van der Waals surface area contributed by atoms with Crippen molar-refractivity contribution in [3.63, 3.8) is 0 Å². The molecule has 3 rings (SSSR count). The molecular weight excluding hydrogens is 328 g/mol. The summed E-state index contributed by atoms with van der Waals surface area (Å²) in [6.07, 6.45) is 0.375. The zero-order chi connectivity index (χ0) is 16.1. The Morgan fingerprint density at radius 2 is 1.83 bits per heavy atom. The molecule has 0 fully saturated rings. The number of nitrogens with one attached hydrogen (secondary N) is 1. The van der Waals surface area contributed by atoms with Gasteiger partial charge in [0.15, 0.2) is 10.9 Å². The maximum absolute atomic E-state index is 11.9. The summed E-state index contributed by atoms with van der Waals surface area (Å²) < 4.78 is 0. The number of aromatic nitrogens is 1. The number of hydrogen-bond donors (Lipinski definition) is 1. The lowest BCUT2D eigenvalue weighted by atomic mass is 10.2. The van der Waals surface area contributed by atoms with Gasteiger partial charge in [0.2, 0.25) is 5.91 Å². The van der Waals surface area contributed by atoms with Gasteiger partial charge in [-0.05, 0) is 11.4 Å². The Balaban J connectivity index is 1.54. The van der Waals surface area contributed by atoms with Crippen molar-refractivity contribution in [2.75, 3.05) is 5.32 Å². The number of benzene rings is 1. The van der Waals surface area contributed by atoms with Crippen LogP contribution in [0.5, 0.6) is 0 Å². The van der Waals surface area contributed by atoms with Gasteiger partial charge in [-0.25, -0.2) is 4.98 Å². The summed E-state index contributed by atoms with van der Waals surface area (Å²) in [5, 5.41) is 7.07. The van der Waals surface area contributed by atoms with E-state index in [1.165, 1.54) is 22.7 Å². The smallest absolute Gasteiger partial charge is 0.226 e. The van der Waals surface area contributed by atoms with E-state index in [2.05, 4.69) is 10.3 Å². The molecule has 0 bridgehead atoms. The normalized spacial score (nSPS) is 10.4. The second kappa shape index (κ2) is 7.30. The Morgan fingerprint density at radius 1 is 1.00 bits per heavy atom. The summed E-state index contributed by atoms with van der Waals surface area (Å²) in [5.41, 5.74) is 1.85. The summed E-state index contributed by atoms with van der Waals surface area (Å²) in [4.78, 5) is 28.9. The maximum Gasteiger partial charge on any atom is 0.226 e. The quantitative estimate of drug-likeness (QED) is 0.672. The van der Waals surface area contributed by atoms with Gasteiger partial charge in [-0.1, -0.05) is 36.4 Å². The molecule has 0 unspecified atom stereocenters. The largest absolute Gasteiger partial charge is 0.302 e. The number of ketones is 1.